The lowest BCUT2D eigenvalue weighted by Gasteiger charge is -2.25. The Hall–Kier alpha value is -2.46. The van der Waals surface area contributed by atoms with E-state index in [4.69, 9.17) is 4.42 Å². The molecule has 1 saturated heterocycles. The molecule has 1 unspecified atom stereocenters. The van der Waals surface area contributed by atoms with E-state index >= 15 is 0 Å². The number of nitrogens with zero attached hydrogens (tertiary/aromatic N) is 3. The zero-order valence-corrected chi connectivity index (χ0v) is 19.8. The molecule has 1 aliphatic heterocycles. The second-order valence-electron chi connectivity index (χ2n) is 10.9. The van der Waals surface area contributed by atoms with Gasteiger partial charge >= 0.3 is 0 Å². The van der Waals surface area contributed by atoms with Gasteiger partial charge in [0.05, 0.1) is 6.54 Å². The molecule has 0 N–H and O–H groups in total. The van der Waals surface area contributed by atoms with E-state index in [0.717, 1.165) is 18.7 Å². The maximum atomic E-state index is 6.14. The molecule has 31 heavy (non-hydrogen) atoms. The van der Waals surface area contributed by atoms with Crippen molar-refractivity contribution in [1.82, 2.24) is 15.1 Å². The summed E-state index contributed by atoms with van der Waals surface area (Å²) >= 11 is 0. The van der Waals surface area contributed by atoms with Crippen LogP contribution in [-0.2, 0) is 17.4 Å². The van der Waals surface area contributed by atoms with Crippen LogP contribution in [0.25, 0.3) is 11.5 Å². The van der Waals surface area contributed by atoms with Gasteiger partial charge in [-0.15, -0.1) is 10.2 Å². The smallest absolute Gasteiger partial charge is 0.247 e. The fraction of sp³-hybridized carbons (Fsp3) is 0.481. The van der Waals surface area contributed by atoms with Crippen molar-refractivity contribution in [2.45, 2.75) is 71.3 Å². The molecule has 4 heteroatoms. The van der Waals surface area contributed by atoms with Crippen LogP contribution >= 0.6 is 0 Å². The van der Waals surface area contributed by atoms with E-state index in [9.17, 15) is 0 Å². The molecule has 2 aromatic carbocycles. The average Bonchev–Trinajstić information content (AvgIpc) is 3.37. The number of rotatable bonds is 4. The predicted octanol–water partition coefficient (Wildman–Crippen LogP) is 6.32. The van der Waals surface area contributed by atoms with Gasteiger partial charge in [-0.3, -0.25) is 4.90 Å². The van der Waals surface area contributed by atoms with Gasteiger partial charge in [0, 0.05) is 12.1 Å². The Labute approximate surface area is 186 Å². The van der Waals surface area contributed by atoms with E-state index in [2.05, 4.69) is 105 Å². The van der Waals surface area contributed by atoms with Crippen LogP contribution in [0.5, 0.6) is 0 Å². The van der Waals surface area contributed by atoms with Crippen molar-refractivity contribution in [2.24, 2.45) is 0 Å². The van der Waals surface area contributed by atoms with Crippen molar-refractivity contribution in [3.05, 3.63) is 71.1 Å². The van der Waals surface area contributed by atoms with Crippen molar-refractivity contribution < 1.29 is 4.42 Å². The van der Waals surface area contributed by atoms with E-state index in [0.29, 0.717) is 24.2 Å². The molecule has 1 fully saturated rings. The Bertz CT molecular complexity index is 992. The second kappa shape index (κ2) is 8.23. The van der Waals surface area contributed by atoms with Gasteiger partial charge in [0.2, 0.25) is 11.8 Å². The maximum Gasteiger partial charge on any atom is 0.247 e. The van der Waals surface area contributed by atoms with Gasteiger partial charge in [-0.1, -0.05) is 77.9 Å². The summed E-state index contributed by atoms with van der Waals surface area (Å²) in [6.45, 7) is 16.3. The summed E-state index contributed by atoms with van der Waals surface area (Å²) in [6.07, 6.45) is 1.17. The molecule has 4 nitrogen and oxygen atoms in total. The van der Waals surface area contributed by atoms with Crippen LogP contribution in [0, 0.1) is 0 Å². The molecule has 4 rings (SSSR count). The third kappa shape index (κ3) is 5.07. The van der Waals surface area contributed by atoms with Gasteiger partial charge in [-0.25, -0.2) is 0 Å². The molecule has 164 valence electrons. The molecular formula is C27H35N3O. The highest BCUT2D eigenvalue weighted by atomic mass is 16.4. The highest BCUT2D eigenvalue weighted by Crippen LogP contribution is 2.34. The first kappa shape index (κ1) is 21.8. The molecule has 2 heterocycles. The Kier molecular flexibility index (Phi) is 5.78. The molecule has 1 aliphatic rings. The summed E-state index contributed by atoms with van der Waals surface area (Å²) in [6, 6.07) is 17.5. The summed E-state index contributed by atoms with van der Waals surface area (Å²) in [5.74, 6) is 1.90. The largest absolute Gasteiger partial charge is 0.419 e. The van der Waals surface area contributed by atoms with Crippen molar-refractivity contribution in [3.63, 3.8) is 0 Å². The third-order valence-electron chi connectivity index (χ3n) is 6.28. The van der Waals surface area contributed by atoms with Gasteiger partial charge in [0.25, 0.3) is 0 Å². The van der Waals surface area contributed by atoms with Crippen LogP contribution < -0.4 is 0 Å². The standard InChI is InChI=1S/C27H35N3O/c1-26(2,3)22-14-21(15-23(16-22)27(4,5)6)25-29-28-24(31-25)18-30-13-12-20(17-30)19-10-8-7-9-11-19/h7-11,14-16,20H,12-13,17-18H2,1-6H3. The van der Waals surface area contributed by atoms with Crippen LogP contribution in [0.3, 0.4) is 0 Å². The lowest BCUT2D eigenvalue weighted by molar-refractivity contribution is 0.289. The van der Waals surface area contributed by atoms with Gasteiger partial charge < -0.3 is 4.42 Å². The van der Waals surface area contributed by atoms with Crippen LogP contribution in [-0.4, -0.2) is 28.2 Å². The van der Waals surface area contributed by atoms with Crippen LogP contribution in [0.4, 0.5) is 0 Å². The Morgan fingerprint density at radius 2 is 1.55 bits per heavy atom. The van der Waals surface area contributed by atoms with E-state index in [1.807, 2.05) is 0 Å². The first-order chi connectivity index (χ1) is 14.6. The third-order valence-corrected chi connectivity index (χ3v) is 6.28. The van der Waals surface area contributed by atoms with Crippen molar-refractivity contribution in [1.29, 1.82) is 0 Å². The Morgan fingerprint density at radius 3 is 2.16 bits per heavy atom. The molecule has 0 radical (unpaired) electrons. The van der Waals surface area contributed by atoms with Crippen LogP contribution in [0.1, 0.15) is 76.5 Å². The summed E-state index contributed by atoms with van der Waals surface area (Å²) in [5.41, 5.74) is 5.13. The van der Waals surface area contributed by atoms with Gasteiger partial charge in [-0.2, -0.15) is 0 Å². The van der Waals surface area contributed by atoms with Gasteiger partial charge in [-0.05, 0) is 58.5 Å². The van der Waals surface area contributed by atoms with Crippen molar-refractivity contribution in [3.8, 4) is 11.5 Å². The minimum atomic E-state index is 0.0564. The number of hydrogen-bond donors (Lipinski definition) is 0. The fourth-order valence-electron chi connectivity index (χ4n) is 4.22. The second-order valence-corrected chi connectivity index (χ2v) is 10.9. The topological polar surface area (TPSA) is 42.2 Å². The average molecular weight is 418 g/mol. The minimum absolute atomic E-state index is 0.0564. The molecule has 0 spiro atoms. The molecule has 0 aliphatic carbocycles. The zero-order valence-electron chi connectivity index (χ0n) is 19.8. The lowest BCUT2D eigenvalue weighted by atomic mass is 9.79. The summed E-state index contributed by atoms with van der Waals surface area (Å²) in [5, 5.41) is 8.79. The fourth-order valence-corrected chi connectivity index (χ4v) is 4.22. The van der Waals surface area contributed by atoms with Crippen molar-refractivity contribution in [2.75, 3.05) is 13.1 Å². The highest BCUT2D eigenvalue weighted by Gasteiger charge is 2.26. The summed E-state index contributed by atoms with van der Waals surface area (Å²) in [4.78, 5) is 2.42. The number of benzene rings is 2. The summed E-state index contributed by atoms with van der Waals surface area (Å²) < 4.78 is 6.14. The maximum absolute atomic E-state index is 6.14. The molecule has 0 amide bonds. The van der Waals surface area contributed by atoms with Crippen molar-refractivity contribution >= 4 is 0 Å². The number of hydrogen-bond acceptors (Lipinski definition) is 4. The number of likely N-dealkylation sites (tertiary alicyclic amines) is 1. The van der Waals surface area contributed by atoms with Crippen LogP contribution in [0.2, 0.25) is 0 Å². The van der Waals surface area contributed by atoms with Gasteiger partial charge in [0.1, 0.15) is 0 Å². The first-order valence-electron chi connectivity index (χ1n) is 11.4. The Balaban J connectivity index is 1.52. The first-order valence-corrected chi connectivity index (χ1v) is 11.4. The molecule has 1 aromatic heterocycles. The van der Waals surface area contributed by atoms with E-state index < -0.39 is 0 Å². The molecule has 0 bridgehead atoms. The normalized spacial score (nSPS) is 17.9. The van der Waals surface area contributed by atoms with Gasteiger partial charge in [0.15, 0.2) is 0 Å². The molecule has 1 atom stereocenters. The van der Waals surface area contributed by atoms with E-state index in [1.165, 1.54) is 23.1 Å². The lowest BCUT2D eigenvalue weighted by Crippen LogP contribution is -2.19. The molecular weight excluding hydrogens is 382 g/mol. The van der Waals surface area contributed by atoms with E-state index in [-0.39, 0.29) is 10.8 Å². The van der Waals surface area contributed by atoms with Crippen LogP contribution in [0.15, 0.2) is 52.9 Å². The summed E-state index contributed by atoms with van der Waals surface area (Å²) in [7, 11) is 0. The van der Waals surface area contributed by atoms with E-state index in [1.54, 1.807) is 0 Å². The quantitative estimate of drug-likeness (QED) is 0.498. The SMILES string of the molecule is CC(C)(C)c1cc(-c2nnc(CN3CCC(c4ccccc4)C3)o2)cc(C(C)(C)C)c1. The minimum Gasteiger partial charge on any atom is -0.419 e. The molecule has 3 aromatic rings. The predicted molar refractivity (Wildman–Crippen MR) is 126 cm³/mol. The zero-order chi connectivity index (χ0) is 22.2. The number of aromatic nitrogens is 2. The Morgan fingerprint density at radius 1 is 0.903 bits per heavy atom. The molecule has 0 saturated carbocycles. The highest BCUT2D eigenvalue weighted by molar-refractivity contribution is 5.57. The monoisotopic (exact) mass is 417 g/mol.